The highest BCUT2D eigenvalue weighted by Gasteiger charge is 2.24. The molecule has 70 valence electrons. The Labute approximate surface area is 77.9 Å². The second kappa shape index (κ2) is 3.77. The van der Waals surface area contributed by atoms with Gasteiger partial charge in [-0.1, -0.05) is 18.2 Å². The van der Waals surface area contributed by atoms with E-state index >= 15 is 0 Å². The molecule has 0 radical (unpaired) electrons. The first-order valence-corrected chi connectivity index (χ1v) is 4.51. The van der Waals surface area contributed by atoms with Crippen LogP contribution < -0.4 is 11.1 Å². The Balaban J connectivity index is 1.98. The van der Waals surface area contributed by atoms with E-state index in [4.69, 9.17) is 10.5 Å². The van der Waals surface area contributed by atoms with Gasteiger partial charge in [-0.3, -0.25) is 0 Å². The summed E-state index contributed by atoms with van der Waals surface area (Å²) in [7, 11) is 0. The van der Waals surface area contributed by atoms with Crippen LogP contribution in [0.1, 0.15) is 0 Å². The van der Waals surface area contributed by atoms with Crippen molar-refractivity contribution in [3.63, 3.8) is 0 Å². The number of anilines is 1. The smallest absolute Gasteiger partial charge is 0.0684 e. The Morgan fingerprint density at radius 2 is 2.00 bits per heavy atom. The number of hydrogen-bond donors (Lipinski definition) is 2. The summed E-state index contributed by atoms with van der Waals surface area (Å²) in [5.41, 5.74) is 6.94. The lowest BCUT2D eigenvalue weighted by molar-refractivity contribution is 0.192. The molecule has 0 aliphatic carbocycles. The fraction of sp³-hybridized carbons (Fsp3) is 0.400. The van der Waals surface area contributed by atoms with Crippen molar-refractivity contribution in [1.29, 1.82) is 0 Å². The summed E-state index contributed by atoms with van der Waals surface area (Å²) in [5, 5.41) is 3.34. The molecule has 0 aromatic heterocycles. The van der Waals surface area contributed by atoms with Crippen LogP contribution in [0.3, 0.4) is 0 Å². The third kappa shape index (κ3) is 1.99. The van der Waals surface area contributed by atoms with Crippen molar-refractivity contribution in [2.24, 2.45) is 5.73 Å². The normalized spacial score (nSPS) is 27.5. The Morgan fingerprint density at radius 1 is 1.23 bits per heavy atom. The number of nitrogens with two attached hydrogens (primary N) is 1. The summed E-state index contributed by atoms with van der Waals surface area (Å²) < 4.78 is 5.25. The fourth-order valence-corrected chi connectivity index (χ4v) is 1.47. The first-order valence-electron chi connectivity index (χ1n) is 4.51. The van der Waals surface area contributed by atoms with Crippen molar-refractivity contribution >= 4 is 5.69 Å². The molecule has 1 aromatic carbocycles. The van der Waals surface area contributed by atoms with Crippen molar-refractivity contribution in [3.05, 3.63) is 30.3 Å². The van der Waals surface area contributed by atoms with Crippen LogP contribution in [0.25, 0.3) is 0 Å². The lowest BCUT2D eigenvalue weighted by Crippen LogP contribution is -2.38. The summed E-state index contributed by atoms with van der Waals surface area (Å²) in [6.07, 6.45) is 0. The molecule has 0 bridgehead atoms. The first-order chi connectivity index (χ1) is 6.36. The van der Waals surface area contributed by atoms with Gasteiger partial charge in [0.15, 0.2) is 0 Å². The molecule has 1 fully saturated rings. The number of para-hydroxylation sites is 1. The van der Waals surface area contributed by atoms with Crippen LogP contribution in [-0.4, -0.2) is 25.3 Å². The zero-order valence-electron chi connectivity index (χ0n) is 7.44. The van der Waals surface area contributed by atoms with Crippen LogP contribution in [-0.2, 0) is 4.74 Å². The van der Waals surface area contributed by atoms with Crippen LogP contribution in [0.2, 0.25) is 0 Å². The zero-order valence-corrected chi connectivity index (χ0v) is 7.44. The monoisotopic (exact) mass is 178 g/mol. The van der Waals surface area contributed by atoms with Gasteiger partial charge in [-0.2, -0.15) is 0 Å². The summed E-state index contributed by atoms with van der Waals surface area (Å²) in [4.78, 5) is 0. The molecular weight excluding hydrogens is 164 g/mol. The van der Waals surface area contributed by atoms with E-state index in [0.29, 0.717) is 13.2 Å². The molecule has 1 aromatic rings. The van der Waals surface area contributed by atoms with Crippen molar-refractivity contribution in [2.75, 3.05) is 18.5 Å². The third-order valence-electron chi connectivity index (χ3n) is 2.25. The largest absolute Gasteiger partial charge is 0.378 e. The maximum atomic E-state index is 5.84. The van der Waals surface area contributed by atoms with Gasteiger partial charge in [-0.25, -0.2) is 0 Å². The standard InChI is InChI=1S/C10H14N2O/c11-9-6-13-7-10(9)12-8-4-2-1-3-5-8/h1-5,9-10,12H,6-7,11H2/t9-,10-/m1/s1. The number of benzene rings is 1. The van der Waals surface area contributed by atoms with E-state index in [9.17, 15) is 0 Å². The highest BCUT2D eigenvalue weighted by Crippen LogP contribution is 2.12. The molecule has 0 spiro atoms. The first kappa shape index (κ1) is 8.53. The maximum Gasteiger partial charge on any atom is 0.0684 e. The molecule has 3 nitrogen and oxygen atoms in total. The van der Waals surface area contributed by atoms with Crippen LogP contribution in [0, 0.1) is 0 Å². The molecule has 2 atom stereocenters. The molecule has 2 rings (SSSR count). The molecule has 1 aliphatic heterocycles. The number of ether oxygens (including phenoxy) is 1. The van der Waals surface area contributed by atoms with Gasteiger partial charge in [0.25, 0.3) is 0 Å². The second-order valence-corrected chi connectivity index (χ2v) is 3.32. The third-order valence-corrected chi connectivity index (χ3v) is 2.25. The summed E-state index contributed by atoms with van der Waals surface area (Å²) >= 11 is 0. The fourth-order valence-electron chi connectivity index (χ4n) is 1.47. The van der Waals surface area contributed by atoms with Gasteiger partial charge in [0.1, 0.15) is 0 Å². The highest BCUT2D eigenvalue weighted by molar-refractivity contribution is 5.44. The Bertz CT molecular complexity index is 263. The van der Waals surface area contributed by atoms with Crippen molar-refractivity contribution in [3.8, 4) is 0 Å². The molecule has 1 heterocycles. The minimum atomic E-state index is 0.111. The Hall–Kier alpha value is -1.06. The average Bonchev–Trinajstić information content (AvgIpc) is 2.54. The minimum absolute atomic E-state index is 0.111. The lowest BCUT2D eigenvalue weighted by Gasteiger charge is -2.16. The quantitative estimate of drug-likeness (QED) is 0.705. The van der Waals surface area contributed by atoms with Gasteiger partial charge < -0.3 is 15.8 Å². The molecular formula is C10H14N2O. The summed E-state index contributed by atoms with van der Waals surface area (Å²) in [5.74, 6) is 0. The maximum absolute atomic E-state index is 5.84. The van der Waals surface area contributed by atoms with E-state index in [1.807, 2.05) is 30.3 Å². The zero-order chi connectivity index (χ0) is 9.10. The SMILES string of the molecule is N[C@@H]1COC[C@H]1Nc1ccccc1. The van der Waals surface area contributed by atoms with Crippen LogP contribution >= 0.6 is 0 Å². The molecule has 13 heavy (non-hydrogen) atoms. The van der Waals surface area contributed by atoms with Crippen LogP contribution in [0.15, 0.2) is 30.3 Å². The molecule has 0 amide bonds. The number of hydrogen-bond acceptors (Lipinski definition) is 3. The molecule has 0 saturated carbocycles. The Kier molecular flexibility index (Phi) is 2.47. The predicted octanol–water partition coefficient (Wildman–Crippen LogP) is 0.825. The van der Waals surface area contributed by atoms with Gasteiger partial charge in [0.05, 0.1) is 25.3 Å². The van der Waals surface area contributed by atoms with E-state index in [1.165, 1.54) is 0 Å². The Morgan fingerprint density at radius 3 is 2.62 bits per heavy atom. The van der Waals surface area contributed by atoms with Crippen LogP contribution in [0.5, 0.6) is 0 Å². The van der Waals surface area contributed by atoms with E-state index in [0.717, 1.165) is 5.69 Å². The molecule has 1 aliphatic rings. The molecule has 3 N–H and O–H groups in total. The van der Waals surface area contributed by atoms with Gasteiger partial charge in [0, 0.05) is 5.69 Å². The minimum Gasteiger partial charge on any atom is -0.378 e. The van der Waals surface area contributed by atoms with E-state index in [-0.39, 0.29) is 12.1 Å². The molecule has 1 saturated heterocycles. The van der Waals surface area contributed by atoms with Gasteiger partial charge >= 0.3 is 0 Å². The number of rotatable bonds is 2. The highest BCUT2D eigenvalue weighted by atomic mass is 16.5. The van der Waals surface area contributed by atoms with Gasteiger partial charge in [-0.05, 0) is 12.1 Å². The molecule has 3 heteroatoms. The lowest BCUT2D eigenvalue weighted by atomic mass is 10.2. The second-order valence-electron chi connectivity index (χ2n) is 3.32. The predicted molar refractivity (Wildman–Crippen MR) is 52.6 cm³/mol. The van der Waals surface area contributed by atoms with E-state index in [2.05, 4.69) is 5.32 Å². The average molecular weight is 178 g/mol. The summed E-state index contributed by atoms with van der Waals surface area (Å²) in [6, 6.07) is 10.4. The number of nitrogens with one attached hydrogen (secondary N) is 1. The summed E-state index contributed by atoms with van der Waals surface area (Å²) in [6.45, 7) is 1.36. The van der Waals surface area contributed by atoms with E-state index < -0.39 is 0 Å². The van der Waals surface area contributed by atoms with Gasteiger partial charge in [-0.15, -0.1) is 0 Å². The van der Waals surface area contributed by atoms with Crippen molar-refractivity contribution in [2.45, 2.75) is 12.1 Å². The van der Waals surface area contributed by atoms with Crippen LogP contribution in [0.4, 0.5) is 5.69 Å². The van der Waals surface area contributed by atoms with Gasteiger partial charge in [0.2, 0.25) is 0 Å². The van der Waals surface area contributed by atoms with Crippen molar-refractivity contribution in [1.82, 2.24) is 0 Å². The molecule has 0 unspecified atom stereocenters. The van der Waals surface area contributed by atoms with E-state index in [1.54, 1.807) is 0 Å². The topological polar surface area (TPSA) is 47.3 Å². The van der Waals surface area contributed by atoms with Crippen molar-refractivity contribution < 1.29 is 4.74 Å².